The van der Waals surface area contributed by atoms with Crippen molar-refractivity contribution in [3.63, 3.8) is 0 Å². The van der Waals surface area contributed by atoms with Crippen molar-refractivity contribution < 1.29 is 18.4 Å². The van der Waals surface area contributed by atoms with E-state index >= 15 is 0 Å². The summed E-state index contributed by atoms with van der Waals surface area (Å²) in [7, 11) is -2.84. The number of hydrogen-bond donors (Lipinski definition) is 0. The monoisotopic (exact) mass is 422 g/mol. The van der Waals surface area contributed by atoms with Crippen molar-refractivity contribution in [1.82, 2.24) is 4.90 Å². The van der Waals surface area contributed by atoms with Gasteiger partial charge in [-0.3, -0.25) is 9.69 Å². The second-order valence-electron chi connectivity index (χ2n) is 7.69. The van der Waals surface area contributed by atoms with Crippen LogP contribution in [0.3, 0.4) is 0 Å². The Kier molecular flexibility index (Phi) is 5.13. The van der Waals surface area contributed by atoms with Crippen LogP contribution in [0.25, 0.3) is 0 Å². The molecule has 1 aliphatic rings. The van der Waals surface area contributed by atoms with E-state index in [0.29, 0.717) is 30.1 Å². The Hall–Kier alpha value is -1.69. The van der Waals surface area contributed by atoms with E-state index in [0.717, 1.165) is 21.7 Å². The Morgan fingerprint density at radius 3 is 2.82 bits per heavy atom. The molecule has 0 aliphatic carbocycles. The Morgan fingerprint density at radius 1 is 1.39 bits per heavy atom. The smallest absolute Gasteiger partial charge is 0.327 e. The van der Waals surface area contributed by atoms with Crippen LogP contribution in [-0.4, -0.2) is 30.2 Å². The number of ether oxygens (including phenoxy) is 1. The van der Waals surface area contributed by atoms with Crippen molar-refractivity contribution in [3.8, 4) is 0 Å². The van der Waals surface area contributed by atoms with Crippen LogP contribution in [0.15, 0.2) is 30.3 Å². The molecule has 0 spiro atoms. The van der Waals surface area contributed by atoms with Crippen LogP contribution in [0.1, 0.15) is 63.0 Å². The van der Waals surface area contributed by atoms with Gasteiger partial charge >= 0.3 is 5.97 Å². The molecule has 0 bridgehead atoms. The number of benzene rings is 1. The van der Waals surface area contributed by atoms with Crippen LogP contribution in [0.4, 0.5) is 0 Å². The van der Waals surface area contributed by atoms with Gasteiger partial charge in [0, 0.05) is 28.4 Å². The fourth-order valence-electron chi connectivity index (χ4n) is 3.41. The summed E-state index contributed by atoms with van der Waals surface area (Å²) in [4.78, 5) is 29.5. The average Bonchev–Trinajstić information content (AvgIpc) is 3.11. The molecule has 2 heterocycles. The Labute approximate surface area is 179 Å². The molecule has 0 amide bonds. The molecule has 0 unspecified atom stereocenters. The predicted molar refractivity (Wildman–Crippen MR) is 113 cm³/mol. The zero-order valence-corrected chi connectivity index (χ0v) is 17.8. The van der Waals surface area contributed by atoms with Gasteiger partial charge in [0.1, 0.15) is 6.04 Å². The third-order valence-electron chi connectivity index (χ3n) is 5.51. The fraction of sp³-hybridized carbons (Fsp3) is 0.455. The number of halogens is 1. The number of carbonyl (C=O) groups is 2. The number of hydrogen-bond acceptors (Lipinski definition) is 5. The van der Waals surface area contributed by atoms with E-state index in [1.807, 2.05) is 31.7 Å². The predicted octanol–water partition coefficient (Wildman–Crippen LogP) is 5.29. The lowest BCUT2D eigenvalue weighted by atomic mass is 9.84. The third-order valence-corrected chi connectivity index (χ3v) is 7.09. The van der Waals surface area contributed by atoms with E-state index in [9.17, 15) is 9.59 Å². The molecule has 1 aromatic heterocycles. The van der Waals surface area contributed by atoms with Gasteiger partial charge in [-0.1, -0.05) is 50.6 Å². The minimum Gasteiger partial charge on any atom is -0.468 e. The fourth-order valence-corrected chi connectivity index (χ4v) is 4.93. The zero-order valence-electron chi connectivity index (χ0n) is 19.3. The van der Waals surface area contributed by atoms with E-state index in [1.54, 1.807) is 24.3 Å². The minimum atomic E-state index is -2.84. The van der Waals surface area contributed by atoms with Gasteiger partial charge in [0.15, 0.2) is 5.78 Å². The summed E-state index contributed by atoms with van der Waals surface area (Å²) < 4.78 is 26.8. The number of ketones is 1. The molecule has 3 rings (SSSR count). The summed E-state index contributed by atoms with van der Waals surface area (Å²) in [6, 6.07) is 7.82. The first kappa shape index (κ1) is 17.2. The maximum absolute atomic E-state index is 12.9. The highest BCUT2D eigenvalue weighted by Crippen LogP contribution is 2.37. The first-order valence-corrected chi connectivity index (χ1v) is 10.5. The molecular formula is C22H26ClNO3S. The van der Waals surface area contributed by atoms with Crippen LogP contribution in [0.5, 0.6) is 0 Å². The molecule has 6 heteroatoms. The number of esters is 1. The second kappa shape index (κ2) is 8.36. The van der Waals surface area contributed by atoms with E-state index in [2.05, 4.69) is 0 Å². The molecule has 28 heavy (non-hydrogen) atoms. The quantitative estimate of drug-likeness (QED) is 0.468. The summed E-state index contributed by atoms with van der Waals surface area (Å²) in [5, 5.41) is 0.367. The van der Waals surface area contributed by atoms with Crippen molar-refractivity contribution in [1.29, 1.82) is 0 Å². The van der Waals surface area contributed by atoms with Crippen molar-refractivity contribution in [3.05, 3.63) is 56.2 Å². The van der Waals surface area contributed by atoms with Crippen molar-refractivity contribution in [2.45, 2.75) is 46.2 Å². The van der Waals surface area contributed by atoms with Crippen LogP contribution >= 0.6 is 22.9 Å². The van der Waals surface area contributed by atoms with E-state index < -0.39 is 24.5 Å². The lowest BCUT2D eigenvalue weighted by Crippen LogP contribution is -2.38. The molecule has 0 radical (unpaired) electrons. The lowest BCUT2D eigenvalue weighted by molar-refractivity contribution is -0.147. The average molecular weight is 423 g/mol. The van der Waals surface area contributed by atoms with Gasteiger partial charge in [-0.05, 0) is 36.1 Å². The number of methoxy groups -OCH3 is 1. The normalized spacial score (nSPS) is 17.8. The highest BCUT2D eigenvalue weighted by atomic mass is 35.5. The standard InChI is InChI=1S/C22H26ClNO3S/c1-5-22(2,3)20(25)18-12-14-13-24(11-10-17(14)28-18)19(21(26)27-4)15-8-6-7-9-16(15)23/h6-9,12,19H,5,10-11,13H2,1-4H3/t19-/m0/s1/i4D3. The van der Waals surface area contributed by atoms with Crippen molar-refractivity contribution in [2.24, 2.45) is 5.41 Å². The van der Waals surface area contributed by atoms with Crippen LogP contribution < -0.4 is 0 Å². The number of Topliss-reactive ketones (excluding diaryl/α,β-unsaturated/α-hetero) is 1. The van der Waals surface area contributed by atoms with Crippen LogP contribution in [0, 0.1) is 5.41 Å². The van der Waals surface area contributed by atoms with E-state index in [1.165, 1.54) is 11.3 Å². The van der Waals surface area contributed by atoms with Gasteiger partial charge in [-0.2, -0.15) is 0 Å². The van der Waals surface area contributed by atoms with E-state index in [4.69, 9.17) is 20.5 Å². The molecule has 1 aliphatic heterocycles. The number of carbonyl (C=O) groups excluding carboxylic acids is 2. The van der Waals surface area contributed by atoms with Crippen LogP contribution in [-0.2, 0) is 22.5 Å². The van der Waals surface area contributed by atoms with Crippen molar-refractivity contribution >= 4 is 34.7 Å². The zero-order chi connectivity index (χ0) is 23.0. The van der Waals surface area contributed by atoms with E-state index in [-0.39, 0.29) is 5.78 Å². The maximum atomic E-state index is 12.9. The highest BCUT2D eigenvalue weighted by Gasteiger charge is 2.35. The maximum Gasteiger partial charge on any atom is 0.327 e. The number of rotatable bonds is 6. The first-order chi connectivity index (χ1) is 14.4. The number of thiophene rings is 1. The third kappa shape index (κ3) is 4.02. The summed E-state index contributed by atoms with van der Waals surface area (Å²) in [6.07, 6.45) is 1.40. The largest absolute Gasteiger partial charge is 0.468 e. The molecule has 0 N–H and O–H groups in total. The Balaban J connectivity index is 1.92. The second-order valence-corrected chi connectivity index (χ2v) is 9.24. The molecule has 1 aromatic carbocycles. The minimum absolute atomic E-state index is 0.116. The molecular weight excluding hydrogens is 394 g/mol. The Morgan fingerprint density at radius 2 is 2.14 bits per heavy atom. The SMILES string of the molecule is [2H]C([2H])([2H])OC(=O)[C@H](c1ccccc1Cl)N1CCc2sc(C(=O)C(C)(C)CC)cc2C1. The number of nitrogens with zero attached hydrogens (tertiary/aromatic N) is 1. The summed E-state index contributed by atoms with van der Waals surface area (Å²) in [5.74, 6) is -0.749. The molecule has 0 saturated heterocycles. The molecule has 4 nitrogen and oxygen atoms in total. The van der Waals surface area contributed by atoms with Crippen molar-refractivity contribution in [2.75, 3.05) is 13.6 Å². The van der Waals surface area contributed by atoms with Gasteiger partial charge < -0.3 is 4.74 Å². The molecule has 0 fully saturated rings. The first-order valence-electron chi connectivity index (χ1n) is 10.8. The van der Waals surface area contributed by atoms with Gasteiger partial charge in [0.25, 0.3) is 0 Å². The van der Waals surface area contributed by atoms with Gasteiger partial charge in [0.2, 0.25) is 0 Å². The van der Waals surface area contributed by atoms with Gasteiger partial charge in [-0.25, -0.2) is 4.79 Å². The van der Waals surface area contributed by atoms with Gasteiger partial charge in [-0.15, -0.1) is 11.3 Å². The summed E-state index contributed by atoms with van der Waals surface area (Å²) >= 11 is 7.86. The van der Waals surface area contributed by atoms with Crippen LogP contribution in [0.2, 0.25) is 5.02 Å². The molecule has 1 atom stereocenters. The molecule has 2 aromatic rings. The Bertz CT molecular complexity index is 987. The lowest BCUT2D eigenvalue weighted by Gasteiger charge is -2.33. The van der Waals surface area contributed by atoms with Gasteiger partial charge in [0.05, 0.1) is 16.0 Å². The molecule has 0 saturated carbocycles. The highest BCUT2D eigenvalue weighted by molar-refractivity contribution is 7.14. The molecule has 150 valence electrons. The summed E-state index contributed by atoms with van der Waals surface area (Å²) in [5.41, 5.74) is 1.04. The topological polar surface area (TPSA) is 46.6 Å². The summed E-state index contributed by atoms with van der Waals surface area (Å²) in [6.45, 7) is 6.80. The number of fused-ring (bicyclic) bond motifs is 1.